The van der Waals surface area contributed by atoms with Crippen LogP contribution < -0.4 is 4.90 Å². The molecular weight excluding hydrogens is 356 g/mol. The van der Waals surface area contributed by atoms with Crippen molar-refractivity contribution in [3.8, 4) is 11.3 Å². The second kappa shape index (κ2) is 8.02. The normalized spacial score (nSPS) is 13.6. The van der Waals surface area contributed by atoms with Crippen LogP contribution in [0.2, 0.25) is 0 Å². The smallest absolute Gasteiger partial charge is 0.127 e. The number of fused-ring (bicyclic) bond motifs is 1. The first-order valence-electron chi connectivity index (χ1n) is 11.0. The van der Waals surface area contributed by atoms with Gasteiger partial charge in [0, 0.05) is 43.4 Å². The molecule has 3 aromatic rings. The van der Waals surface area contributed by atoms with Crippen molar-refractivity contribution in [1.82, 2.24) is 14.8 Å². The molecule has 0 unspecified atom stereocenters. The molecule has 1 aliphatic heterocycles. The molecule has 0 amide bonds. The summed E-state index contributed by atoms with van der Waals surface area (Å²) in [4.78, 5) is 7.64. The first kappa shape index (κ1) is 19.7. The molecule has 0 saturated heterocycles. The van der Waals surface area contributed by atoms with Crippen LogP contribution in [0.3, 0.4) is 0 Å². The molecular formula is C25H32N4. The van der Waals surface area contributed by atoms with Gasteiger partial charge in [-0.05, 0) is 61.9 Å². The maximum Gasteiger partial charge on any atom is 0.127 e. The minimum atomic E-state index is 0.899. The number of aromatic nitrogens is 3. The Labute approximate surface area is 174 Å². The summed E-state index contributed by atoms with van der Waals surface area (Å²) in [7, 11) is 0. The molecule has 4 rings (SSSR count). The summed E-state index contributed by atoms with van der Waals surface area (Å²) in [5, 5.41) is 4.63. The number of rotatable bonds is 5. The van der Waals surface area contributed by atoms with E-state index in [-0.39, 0.29) is 0 Å². The Bertz CT molecular complexity index is 1010. The van der Waals surface area contributed by atoms with Crippen LogP contribution in [-0.2, 0) is 32.4 Å². The molecule has 29 heavy (non-hydrogen) atoms. The highest BCUT2D eigenvalue weighted by atomic mass is 15.4. The minimum Gasteiger partial charge on any atom is -0.352 e. The molecule has 3 heterocycles. The van der Waals surface area contributed by atoms with Crippen molar-refractivity contribution in [2.75, 3.05) is 11.4 Å². The standard InChI is InChI=1S/C25H32N4/c1-6-19-10-9-11-20(7-2)25(19)23-14-17(4)21-16-28(13-12-22(21)26-23)24-15-18(5)27-29(24)8-3/h9-11,14-15H,6-8,12-13,16H2,1-5H3. The van der Waals surface area contributed by atoms with E-state index in [2.05, 4.69) is 79.6 Å². The fraction of sp³-hybridized carbons (Fsp3) is 0.440. The van der Waals surface area contributed by atoms with Crippen LogP contribution in [0.25, 0.3) is 11.3 Å². The molecule has 0 N–H and O–H groups in total. The topological polar surface area (TPSA) is 34.0 Å². The lowest BCUT2D eigenvalue weighted by Gasteiger charge is -2.31. The van der Waals surface area contributed by atoms with Crippen molar-refractivity contribution in [3.63, 3.8) is 0 Å². The number of aryl methyl sites for hydroxylation is 5. The average Bonchev–Trinajstić information content (AvgIpc) is 3.13. The first-order valence-corrected chi connectivity index (χ1v) is 11.0. The number of pyridine rings is 1. The largest absolute Gasteiger partial charge is 0.352 e. The van der Waals surface area contributed by atoms with Gasteiger partial charge in [-0.25, -0.2) is 4.68 Å². The molecule has 0 radical (unpaired) electrons. The molecule has 0 fully saturated rings. The van der Waals surface area contributed by atoms with E-state index in [0.717, 1.165) is 50.3 Å². The van der Waals surface area contributed by atoms with Crippen molar-refractivity contribution >= 4 is 5.82 Å². The fourth-order valence-corrected chi connectivity index (χ4v) is 4.61. The predicted octanol–water partition coefficient (Wildman–Crippen LogP) is 5.27. The second-order valence-corrected chi connectivity index (χ2v) is 8.04. The Morgan fingerprint density at radius 3 is 2.38 bits per heavy atom. The van der Waals surface area contributed by atoms with Gasteiger partial charge in [-0.2, -0.15) is 5.10 Å². The van der Waals surface area contributed by atoms with Crippen molar-refractivity contribution in [1.29, 1.82) is 0 Å². The van der Waals surface area contributed by atoms with Crippen LogP contribution >= 0.6 is 0 Å². The van der Waals surface area contributed by atoms with Gasteiger partial charge < -0.3 is 4.90 Å². The van der Waals surface area contributed by atoms with Gasteiger partial charge in [0.2, 0.25) is 0 Å². The maximum absolute atomic E-state index is 5.19. The summed E-state index contributed by atoms with van der Waals surface area (Å²) in [6, 6.07) is 11.2. The lowest BCUT2D eigenvalue weighted by atomic mass is 9.92. The van der Waals surface area contributed by atoms with Crippen LogP contribution in [-0.4, -0.2) is 21.3 Å². The molecule has 4 heteroatoms. The molecule has 1 aliphatic rings. The first-order chi connectivity index (χ1) is 14.0. The van der Waals surface area contributed by atoms with Crippen molar-refractivity contribution < 1.29 is 0 Å². The summed E-state index contributed by atoms with van der Waals surface area (Å²) in [5.74, 6) is 1.23. The molecule has 0 spiro atoms. The molecule has 0 bridgehead atoms. The van der Waals surface area contributed by atoms with E-state index in [1.54, 1.807) is 0 Å². The van der Waals surface area contributed by atoms with E-state index in [4.69, 9.17) is 4.98 Å². The highest BCUT2D eigenvalue weighted by molar-refractivity contribution is 5.69. The summed E-state index contributed by atoms with van der Waals surface area (Å²) in [6.45, 7) is 13.7. The third-order valence-electron chi connectivity index (χ3n) is 6.16. The van der Waals surface area contributed by atoms with Crippen molar-refractivity contribution in [3.05, 3.63) is 64.0 Å². The predicted molar refractivity (Wildman–Crippen MR) is 121 cm³/mol. The monoisotopic (exact) mass is 388 g/mol. The van der Waals surface area contributed by atoms with E-state index in [1.807, 2.05) is 0 Å². The van der Waals surface area contributed by atoms with Gasteiger partial charge in [0.1, 0.15) is 5.82 Å². The highest BCUT2D eigenvalue weighted by Gasteiger charge is 2.23. The Hall–Kier alpha value is -2.62. The third kappa shape index (κ3) is 3.57. The summed E-state index contributed by atoms with van der Waals surface area (Å²) in [6.07, 6.45) is 3.05. The van der Waals surface area contributed by atoms with Gasteiger partial charge in [-0.3, -0.25) is 4.98 Å². The third-order valence-corrected chi connectivity index (χ3v) is 6.16. The molecule has 152 valence electrons. The number of hydrogen-bond acceptors (Lipinski definition) is 3. The van der Waals surface area contributed by atoms with E-state index in [0.29, 0.717) is 0 Å². The SMILES string of the molecule is CCc1cccc(CC)c1-c1cc(C)c2c(n1)CCN(c1cc(C)nn1CC)C2. The Morgan fingerprint density at radius 1 is 1.00 bits per heavy atom. The van der Waals surface area contributed by atoms with Gasteiger partial charge >= 0.3 is 0 Å². The van der Waals surface area contributed by atoms with Gasteiger partial charge in [0.25, 0.3) is 0 Å². The van der Waals surface area contributed by atoms with Gasteiger partial charge in [0.15, 0.2) is 0 Å². The Morgan fingerprint density at radius 2 is 1.72 bits per heavy atom. The van der Waals surface area contributed by atoms with Crippen LogP contribution in [0.1, 0.15) is 54.4 Å². The van der Waals surface area contributed by atoms with Crippen LogP contribution in [0.5, 0.6) is 0 Å². The Kier molecular flexibility index (Phi) is 5.44. The van der Waals surface area contributed by atoms with E-state index in [9.17, 15) is 0 Å². The second-order valence-electron chi connectivity index (χ2n) is 8.04. The lowest BCUT2D eigenvalue weighted by molar-refractivity contribution is 0.611. The fourth-order valence-electron chi connectivity index (χ4n) is 4.61. The van der Waals surface area contributed by atoms with E-state index < -0.39 is 0 Å². The quantitative estimate of drug-likeness (QED) is 0.597. The van der Waals surface area contributed by atoms with Gasteiger partial charge in [0.05, 0.1) is 11.4 Å². The summed E-state index contributed by atoms with van der Waals surface area (Å²) >= 11 is 0. The highest BCUT2D eigenvalue weighted by Crippen LogP contribution is 2.32. The zero-order chi connectivity index (χ0) is 20.5. The van der Waals surface area contributed by atoms with Crippen LogP contribution in [0.15, 0.2) is 30.3 Å². The summed E-state index contributed by atoms with van der Waals surface area (Å²) < 4.78 is 2.11. The van der Waals surface area contributed by atoms with Crippen LogP contribution in [0, 0.1) is 13.8 Å². The minimum absolute atomic E-state index is 0.899. The van der Waals surface area contributed by atoms with E-state index >= 15 is 0 Å². The molecule has 0 atom stereocenters. The van der Waals surface area contributed by atoms with E-state index in [1.165, 1.54) is 39.3 Å². The number of nitrogens with zero attached hydrogens (tertiary/aromatic N) is 4. The lowest BCUT2D eigenvalue weighted by Crippen LogP contribution is -2.33. The maximum atomic E-state index is 5.19. The zero-order valence-electron chi connectivity index (χ0n) is 18.4. The molecule has 2 aromatic heterocycles. The number of hydrogen-bond donors (Lipinski definition) is 0. The van der Waals surface area contributed by atoms with Gasteiger partial charge in [-0.15, -0.1) is 0 Å². The van der Waals surface area contributed by atoms with Gasteiger partial charge in [-0.1, -0.05) is 32.0 Å². The number of anilines is 1. The average molecular weight is 389 g/mol. The van der Waals surface area contributed by atoms with Crippen LogP contribution in [0.4, 0.5) is 5.82 Å². The van der Waals surface area contributed by atoms with Crippen molar-refractivity contribution in [2.45, 2.75) is 67.0 Å². The molecule has 4 nitrogen and oxygen atoms in total. The molecule has 0 aliphatic carbocycles. The van der Waals surface area contributed by atoms with Crippen molar-refractivity contribution in [2.24, 2.45) is 0 Å². The molecule has 1 aromatic carbocycles. The summed E-state index contributed by atoms with van der Waals surface area (Å²) in [5.41, 5.74) is 10.4. The number of benzene rings is 1. The molecule has 0 saturated carbocycles. The zero-order valence-corrected chi connectivity index (χ0v) is 18.4. The Balaban J connectivity index is 1.73.